The van der Waals surface area contributed by atoms with Crippen LogP contribution >= 0.6 is 0 Å². The number of hydrogen-bond acceptors (Lipinski definition) is 1. The first-order valence-corrected chi connectivity index (χ1v) is 35.3. The average Bonchev–Trinajstić information content (AvgIpc) is 4.31. The zero-order valence-electron chi connectivity index (χ0n) is 47.7. The van der Waals surface area contributed by atoms with Gasteiger partial charge in [0, 0.05) is 17.8 Å². The largest absolute Gasteiger partial charge is 0.369 e. The minimum atomic E-state index is 0.916. The topological polar surface area (TPSA) is 3.24 Å². The fourth-order valence-corrected chi connectivity index (χ4v) is 25.6. The van der Waals surface area contributed by atoms with Gasteiger partial charge in [0.1, 0.15) is 0 Å². The molecule has 408 valence electrons. The van der Waals surface area contributed by atoms with Gasteiger partial charge < -0.3 is 4.90 Å². The van der Waals surface area contributed by atoms with Gasteiger partial charge in [-0.3, -0.25) is 0 Å². The van der Waals surface area contributed by atoms with Crippen molar-refractivity contribution >= 4 is 0 Å². The van der Waals surface area contributed by atoms with Crippen LogP contribution in [-0.4, -0.2) is 17.0 Å². The van der Waals surface area contributed by atoms with Crippen molar-refractivity contribution in [3.05, 3.63) is 23.4 Å². The molecule has 0 aromatic carbocycles. The SMILES string of the molecule is C1=C([C@@H](C2CCC([C@@H]3CC=C(N4C5CCCCC5C5CCCC54)CC3)CC2)C2CCC([C@H]3CCC[C@@H](C4CCCC5CCCC54)C3)CC2)CCC(C2CCCC(C3CCCC(C4CCCC5CCCC54)C3)C2)C1. The zero-order valence-corrected chi connectivity index (χ0v) is 47.7. The van der Waals surface area contributed by atoms with Gasteiger partial charge in [0.25, 0.3) is 0 Å². The van der Waals surface area contributed by atoms with Crippen LogP contribution in [-0.2, 0) is 0 Å². The quantitative estimate of drug-likeness (QED) is 0.197. The van der Waals surface area contributed by atoms with Gasteiger partial charge in [0.05, 0.1) is 0 Å². The van der Waals surface area contributed by atoms with Gasteiger partial charge >= 0.3 is 0 Å². The van der Waals surface area contributed by atoms with Crippen LogP contribution in [0.5, 0.6) is 0 Å². The van der Waals surface area contributed by atoms with Crippen LogP contribution in [0.25, 0.3) is 0 Å². The molecule has 1 nitrogen and oxygen atoms in total. The summed E-state index contributed by atoms with van der Waals surface area (Å²) in [7, 11) is 0. The Labute approximate surface area is 451 Å². The van der Waals surface area contributed by atoms with Crippen LogP contribution in [0.4, 0.5) is 0 Å². The highest BCUT2D eigenvalue weighted by atomic mass is 15.2. The van der Waals surface area contributed by atoms with Crippen molar-refractivity contribution in [1.29, 1.82) is 0 Å². The van der Waals surface area contributed by atoms with Crippen molar-refractivity contribution in [1.82, 2.24) is 4.90 Å². The standard InChI is InChI=1S/C72H115N/c1-2-27-70-68(21-1)69-26-10-28-71(69)73(70)63-43-41-49(42-44-63)48-29-35-54(36-30-48)72(56-39-33-51(34-40-56)58-16-4-19-61(46-58)66-24-8-13-52-11-6-22-64(52)66)55-37-31-50(32-38-55)57-15-3-17-59(45-57)60-18-5-20-62(47-60)67-25-9-14-53-12-7-23-65(53)67/h37,43,48-54,56-62,64-72H,1-36,38-42,44-47H2/t48?,49-,50?,51?,52?,53?,54?,56?,57?,58+,59?,60?,61-,62?,64?,65?,66?,67?,68?,69?,70?,71?,72-/m1/s1. The molecule has 0 aromatic heterocycles. The molecule has 0 spiro atoms. The third-order valence-electron chi connectivity index (χ3n) is 28.8. The van der Waals surface area contributed by atoms with E-state index >= 15 is 0 Å². The van der Waals surface area contributed by atoms with Crippen LogP contribution in [0, 0.1) is 124 Å². The fraction of sp³-hybridized carbons (Fsp3) is 0.944. The van der Waals surface area contributed by atoms with Crippen LogP contribution in [0.3, 0.4) is 0 Å². The first-order valence-electron chi connectivity index (χ1n) is 35.3. The molecule has 19 atom stereocenters. The molecule has 0 aromatic rings. The summed E-state index contributed by atoms with van der Waals surface area (Å²) in [6.45, 7) is 0. The van der Waals surface area contributed by atoms with E-state index in [1.807, 2.05) is 11.3 Å². The second-order valence-corrected chi connectivity index (χ2v) is 31.5. The highest BCUT2D eigenvalue weighted by molar-refractivity contribution is 5.18. The van der Waals surface area contributed by atoms with E-state index in [4.69, 9.17) is 0 Å². The highest BCUT2D eigenvalue weighted by Gasteiger charge is 2.52. The number of rotatable bonds is 10. The summed E-state index contributed by atoms with van der Waals surface area (Å²) in [5.41, 5.74) is 3.89. The molecule has 12 fully saturated rings. The molecule has 13 aliphatic carbocycles. The summed E-state index contributed by atoms with van der Waals surface area (Å²) in [6.07, 6.45) is 76.3. The van der Waals surface area contributed by atoms with E-state index in [2.05, 4.69) is 17.1 Å². The fourth-order valence-electron chi connectivity index (χ4n) is 25.6. The lowest BCUT2D eigenvalue weighted by molar-refractivity contribution is 0.0478. The normalized spacial score (nSPS) is 50.0. The van der Waals surface area contributed by atoms with Crippen molar-refractivity contribution in [3.8, 4) is 0 Å². The molecule has 1 aliphatic heterocycles. The van der Waals surface area contributed by atoms with Crippen molar-refractivity contribution in [2.75, 3.05) is 0 Å². The molecule has 73 heavy (non-hydrogen) atoms. The maximum absolute atomic E-state index is 3.13. The van der Waals surface area contributed by atoms with Crippen molar-refractivity contribution < 1.29 is 0 Å². The monoisotopic (exact) mass is 994 g/mol. The number of hydrogen-bond donors (Lipinski definition) is 0. The van der Waals surface area contributed by atoms with Crippen molar-refractivity contribution in [2.24, 2.45) is 124 Å². The summed E-state index contributed by atoms with van der Waals surface area (Å²) in [5.74, 6) is 22.3. The number of nitrogens with zero attached hydrogens (tertiary/aromatic N) is 1. The summed E-state index contributed by atoms with van der Waals surface area (Å²) in [5, 5.41) is 0. The molecular weight excluding hydrogens is 879 g/mol. The van der Waals surface area contributed by atoms with Gasteiger partial charge in [-0.15, -0.1) is 0 Å². The molecule has 14 aliphatic rings. The second-order valence-electron chi connectivity index (χ2n) is 31.5. The third-order valence-corrected chi connectivity index (χ3v) is 28.8. The summed E-state index contributed by atoms with van der Waals surface area (Å²) >= 11 is 0. The molecule has 15 unspecified atom stereocenters. The van der Waals surface area contributed by atoms with E-state index in [0.29, 0.717) is 0 Å². The molecule has 0 bridgehead atoms. The Hall–Kier alpha value is -0.720. The number of likely N-dealkylation sites (tertiary alicyclic amines) is 1. The van der Waals surface area contributed by atoms with Gasteiger partial charge in [0.2, 0.25) is 0 Å². The van der Waals surface area contributed by atoms with E-state index in [1.54, 1.807) is 225 Å². The van der Waals surface area contributed by atoms with Crippen molar-refractivity contribution in [3.63, 3.8) is 0 Å². The maximum atomic E-state index is 3.13. The van der Waals surface area contributed by atoms with Gasteiger partial charge in [-0.25, -0.2) is 0 Å². The molecular formula is C72H115N. The van der Waals surface area contributed by atoms with E-state index < -0.39 is 0 Å². The van der Waals surface area contributed by atoms with E-state index in [1.165, 1.54) is 64.2 Å². The van der Waals surface area contributed by atoms with Gasteiger partial charge in [-0.2, -0.15) is 0 Å². The zero-order chi connectivity index (χ0) is 48.2. The van der Waals surface area contributed by atoms with E-state index in [0.717, 1.165) is 136 Å². The van der Waals surface area contributed by atoms with E-state index in [9.17, 15) is 0 Å². The maximum Gasteiger partial charge on any atom is 0.0321 e. The molecule has 0 N–H and O–H groups in total. The molecule has 11 saturated carbocycles. The summed E-state index contributed by atoms with van der Waals surface area (Å²) in [4.78, 5) is 3.13. The van der Waals surface area contributed by atoms with Crippen LogP contribution in [0.1, 0.15) is 289 Å². The molecule has 1 heteroatoms. The Balaban J connectivity index is 0.626. The minimum Gasteiger partial charge on any atom is -0.369 e. The highest BCUT2D eigenvalue weighted by Crippen LogP contribution is 2.58. The first-order chi connectivity index (χ1) is 36.2. The van der Waals surface area contributed by atoms with Gasteiger partial charge in [-0.1, -0.05) is 146 Å². The number of allylic oxidation sites excluding steroid dienone is 4. The Morgan fingerprint density at radius 3 is 1.18 bits per heavy atom. The molecule has 0 radical (unpaired) electrons. The lowest BCUT2D eigenvalue weighted by Gasteiger charge is -2.47. The Morgan fingerprint density at radius 2 is 0.644 bits per heavy atom. The predicted octanol–water partition coefficient (Wildman–Crippen LogP) is 20.5. The minimum absolute atomic E-state index is 0.916. The predicted molar refractivity (Wildman–Crippen MR) is 307 cm³/mol. The van der Waals surface area contributed by atoms with Crippen LogP contribution in [0.2, 0.25) is 0 Å². The van der Waals surface area contributed by atoms with Crippen LogP contribution < -0.4 is 0 Å². The van der Waals surface area contributed by atoms with Crippen LogP contribution in [0.15, 0.2) is 23.4 Å². The van der Waals surface area contributed by atoms with Gasteiger partial charge in [0.15, 0.2) is 0 Å². The van der Waals surface area contributed by atoms with E-state index in [-0.39, 0.29) is 0 Å². The second kappa shape index (κ2) is 22.8. The Morgan fingerprint density at radius 1 is 0.274 bits per heavy atom. The third kappa shape index (κ3) is 10.3. The molecule has 14 rings (SSSR count). The molecule has 0 amide bonds. The Bertz CT molecular complexity index is 1860. The molecule has 1 heterocycles. The number of fused-ring (bicyclic) bond motifs is 5. The summed E-state index contributed by atoms with van der Waals surface area (Å²) < 4.78 is 0. The lowest BCUT2D eigenvalue weighted by atomic mass is 9.58. The molecule has 1 saturated heterocycles. The first kappa shape index (κ1) is 50.5. The Kier molecular flexibility index (Phi) is 15.8. The smallest absolute Gasteiger partial charge is 0.0321 e. The van der Waals surface area contributed by atoms with Crippen molar-refractivity contribution in [2.45, 2.75) is 301 Å². The summed E-state index contributed by atoms with van der Waals surface area (Å²) in [6, 6.07) is 1.84. The van der Waals surface area contributed by atoms with Gasteiger partial charge in [-0.05, 0) is 285 Å². The average molecular weight is 995 g/mol. The lowest BCUT2D eigenvalue weighted by Crippen LogP contribution is -2.39.